The highest BCUT2D eigenvalue weighted by Crippen LogP contribution is 2.32. The molecule has 0 N–H and O–H groups in total. The number of aromatic nitrogens is 1. The summed E-state index contributed by atoms with van der Waals surface area (Å²) in [7, 11) is 3.90. The summed E-state index contributed by atoms with van der Waals surface area (Å²) in [6.45, 7) is 3.72. The molecule has 0 radical (unpaired) electrons. The average Bonchev–Trinajstić information content (AvgIpc) is 3.52. The van der Waals surface area contributed by atoms with Gasteiger partial charge in [0, 0.05) is 31.4 Å². The van der Waals surface area contributed by atoms with Gasteiger partial charge in [0.2, 0.25) is 0 Å². The van der Waals surface area contributed by atoms with Gasteiger partial charge in [-0.05, 0) is 55.8 Å². The predicted octanol–water partition coefficient (Wildman–Crippen LogP) is 4.00. The van der Waals surface area contributed by atoms with Gasteiger partial charge in [0.1, 0.15) is 11.5 Å². The fourth-order valence-electron chi connectivity index (χ4n) is 4.56. The van der Waals surface area contributed by atoms with Gasteiger partial charge >= 0.3 is 5.97 Å². The van der Waals surface area contributed by atoms with Crippen molar-refractivity contribution in [3.8, 4) is 17.4 Å². The summed E-state index contributed by atoms with van der Waals surface area (Å²) in [5.41, 5.74) is 3.51. The van der Waals surface area contributed by atoms with Gasteiger partial charge in [-0.15, -0.1) is 0 Å². The minimum Gasteiger partial charge on any atom is -0.463 e. The van der Waals surface area contributed by atoms with Crippen LogP contribution < -0.4 is 19.8 Å². The number of benzene rings is 2. The van der Waals surface area contributed by atoms with Crippen LogP contribution in [-0.4, -0.2) is 31.2 Å². The number of carbonyl (C=O) groups excluding carboxylic acids is 1. The molecular weight excluding hydrogens is 512 g/mol. The van der Waals surface area contributed by atoms with Crippen LogP contribution >= 0.6 is 11.3 Å². The van der Waals surface area contributed by atoms with Crippen molar-refractivity contribution in [2.75, 3.05) is 25.6 Å². The van der Waals surface area contributed by atoms with Crippen LogP contribution in [-0.2, 0) is 9.53 Å². The zero-order chi connectivity index (χ0) is 27.7. The molecule has 8 nitrogen and oxygen atoms in total. The highest BCUT2D eigenvalue weighted by molar-refractivity contribution is 7.07. The number of hydrogen-bond acceptors (Lipinski definition) is 8. The first-order valence-corrected chi connectivity index (χ1v) is 13.2. The molecule has 0 spiro atoms. The number of anilines is 1. The van der Waals surface area contributed by atoms with E-state index in [-0.39, 0.29) is 12.2 Å². The Hall–Kier alpha value is -4.68. The van der Waals surface area contributed by atoms with Crippen LogP contribution in [0.15, 0.2) is 86.1 Å². The minimum absolute atomic E-state index is 0.210. The Morgan fingerprint density at radius 3 is 2.62 bits per heavy atom. The standard InChI is InChI=1S/C30H26N4O4S/c1-5-37-29(36)26-18(2)32-30-34(27(26)19-10-12-21(13-11-19)33(3)4)28(35)25(39-30)16-22-14-15-24(38-22)23-9-7-6-8-20(23)17-31/h6-16,27H,5H2,1-4H3/t27-/m1/s1. The Morgan fingerprint density at radius 2 is 1.92 bits per heavy atom. The number of ether oxygens (including phenoxy) is 1. The van der Waals surface area contributed by atoms with Crippen LogP contribution in [0, 0.1) is 11.3 Å². The number of carbonyl (C=O) groups is 1. The van der Waals surface area contributed by atoms with Gasteiger partial charge < -0.3 is 14.1 Å². The molecule has 1 aliphatic heterocycles. The van der Waals surface area contributed by atoms with E-state index in [1.165, 1.54) is 11.3 Å². The van der Waals surface area contributed by atoms with Crippen LogP contribution in [0.25, 0.3) is 17.4 Å². The first kappa shape index (κ1) is 25.9. The molecule has 0 aliphatic carbocycles. The largest absolute Gasteiger partial charge is 0.463 e. The monoisotopic (exact) mass is 538 g/mol. The molecule has 3 heterocycles. The number of allylic oxidation sites excluding steroid dienone is 1. The lowest BCUT2D eigenvalue weighted by Crippen LogP contribution is -2.39. The van der Waals surface area contributed by atoms with Crippen LogP contribution in [0.4, 0.5) is 5.69 Å². The third-order valence-electron chi connectivity index (χ3n) is 6.46. The fraction of sp³-hybridized carbons (Fsp3) is 0.200. The van der Waals surface area contributed by atoms with Crippen molar-refractivity contribution in [3.63, 3.8) is 0 Å². The zero-order valence-electron chi connectivity index (χ0n) is 22.0. The number of nitrogens with zero attached hydrogens (tertiary/aromatic N) is 4. The predicted molar refractivity (Wildman–Crippen MR) is 150 cm³/mol. The van der Waals surface area contributed by atoms with Crippen molar-refractivity contribution in [2.45, 2.75) is 19.9 Å². The summed E-state index contributed by atoms with van der Waals surface area (Å²) < 4.78 is 13.3. The van der Waals surface area contributed by atoms with E-state index < -0.39 is 12.0 Å². The Morgan fingerprint density at radius 1 is 1.18 bits per heavy atom. The van der Waals surface area contributed by atoms with Gasteiger partial charge in [0.25, 0.3) is 5.56 Å². The lowest BCUT2D eigenvalue weighted by atomic mass is 9.95. The molecule has 9 heteroatoms. The molecule has 0 saturated heterocycles. The molecule has 0 unspecified atom stereocenters. The zero-order valence-corrected chi connectivity index (χ0v) is 22.8. The van der Waals surface area contributed by atoms with Gasteiger partial charge in [0.15, 0.2) is 4.80 Å². The molecular formula is C30H26N4O4S. The van der Waals surface area contributed by atoms with Crippen LogP contribution in [0.3, 0.4) is 0 Å². The van der Waals surface area contributed by atoms with Gasteiger partial charge in [0.05, 0.1) is 40.1 Å². The topological polar surface area (TPSA) is 101 Å². The van der Waals surface area contributed by atoms with Crippen LogP contribution in [0.2, 0.25) is 0 Å². The first-order chi connectivity index (χ1) is 18.8. The second-order valence-corrected chi connectivity index (χ2v) is 10.2. The molecule has 1 atom stereocenters. The normalized spacial score (nSPS) is 14.9. The maximum atomic E-state index is 13.8. The van der Waals surface area contributed by atoms with Gasteiger partial charge in [-0.3, -0.25) is 9.36 Å². The van der Waals surface area contributed by atoms with E-state index in [4.69, 9.17) is 9.15 Å². The van der Waals surface area contributed by atoms with Crippen molar-refractivity contribution in [1.82, 2.24) is 4.57 Å². The van der Waals surface area contributed by atoms with Crippen molar-refractivity contribution in [2.24, 2.45) is 4.99 Å². The van der Waals surface area contributed by atoms with E-state index in [0.29, 0.717) is 43.3 Å². The smallest absolute Gasteiger partial charge is 0.338 e. The Kier molecular flexibility index (Phi) is 7.05. The van der Waals surface area contributed by atoms with E-state index in [1.54, 1.807) is 48.8 Å². The lowest BCUT2D eigenvalue weighted by Gasteiger charge is -2.25. The number of furan rings is 1. The molecule has 0 saturated carbocycles. The van der Waals surface area contributed by atoms with E-state index in [0.717, 1.165) is 11.3 Å². The SMILES string of the molecule is CCOC(=O)C1=C(C)N=c2sc(=Cc3ccc(-c4ccccc4C#N)o3)c(=O)n2[C@@H]1c1ccc(N(C)C)cc1. The van der Waals surface area contributed by atoms with Crippen molar-refractivity contribution < 1.29 is 13.9 Å². The van der Waals surface area contributed by atoms with E-state index in [9.17, 15) is 14.9 Å². The van der Waals surface area contributed by atoms with Gasteiger partial charge in [-0.1, -0.05) is 35.6 Å². The second kappa shape index (κ2) is 10.6. The summed E-state index contributed by atoms with van der Waals surface area (Å²) in [4.78, 5) is 34.0. The lowest BCUT2D eigenvalue weighted by molar-refractivity contribution is -0.139. The highest BCUT2D eigenvalue weighted by Gasteiger charge is 2.33. The Bertz CT molecular complexity index is 1820. The van der Waals surface area contributed by atoms with Gasteiger partial charge in [-0.25, -0.2) is 9.79 Å². The van der Waals surface area contributed by atoms with E-state index in [1.807, 2.05) is 55.4 Å². The summed E-state index contributed by atoms with van der Waals surface area (Å²) in [6, 6.07) is 19.9. The van der Waals surface area contributed by atoms with Gasteiger partial charge in [-0.2, -0.15) is 5.26 Å². The summed E-state index contributed by atoms with van der Waals surface area (Å²) >= 11 is 1.23. The fourth-order valence-corrected chi connectivity index (χ4v) is 5.59. The molecule has 0 bridgehead atoms. The molecule has 0 fully saturated rings. The minimum atomic E-state index is -0.687. The first-order valence-electron chi connectivity index (χ1n) is 12.4. The molecule has 0 amide bonds. The number of nitriles is 1. The maximum absolute atomic E-state index is 13.8. The maximum Gasteiger partial charge on any atom is 0.338 e. The summed E-state index contributed by atoms with van der Waals surface area (Å²) in [5, 5.41) is 9.44. The molecule has 1 aliphatic rings. The molecule has 196 valence electrons. The number of esters is 1. The number of thiazole rings is 1. The number of fused-ring (bicyclic) bond motifs is 1. The summed E-state index contributed by atoms with van der Waals surface area (Å²) in [6.07, 6.45) is 1.66. The molecule has 5 rings (SSSR count). The second-order valence-electron chi connectivity index (χ2n) is 9.15. The average molecular weight is 539 g/mol. The van der Waals surface area contributed by atoms with Crippen molar-refractivity contribution >= 4 is 29.1 Å². The summed E-state index contributed by atoms with van der Waals surface area (Å²) in [5.74, 6) is 0.503. The molecule has 2 aromatic carbocycles. The van der Waals surface area contributed by atoms with Crippen molar-refractivity contribution in [1.29, 1.82) is 5.26 Å². The molecule has 2 aromatic heterocycles. The van der Waals surface area contributed by atoms with E-state index in [2.05, 4.69) is 11.1 Å². The molecule has 39 heavy (non-hydrogen) atoms. The number of hydrogen-bond donors (Lipinski definition) is 0. The third-order valence-corrected chi connectivity index (χ3v) is 7.44. The van der Waals surface area contributed by atoms with Crippen LogP contribution in [0.1, 0.15) is 36.8 Å². The molecule has 4 aromatic rings. The quantitative estimate of drug-likeness (QED) is 0.344. The van der Waals surface area contributed by atoms with E-state index >= 15 is 0 Å². The number of rotatable bonds is 6. The Balaban J connectivity index is 1.64. The van der Waals surface area contributed by atoms with Crippen molar-refractivity contribution in [3.05, 3.63) is 109 Å². The highest BCUT2D eigenvalue weighted by atomic mass is 32.1. The van der Waals surface area contributed by atoms with Crippen LogP contribution in [0.5, 0.6) is 0 Å². The third kappa shape index (κ3) is 4.82. The Labute approximate surface area is 229 Å².